The number of hydrogen-bond acceptors (Lipinski definition) is 7. The number of hydrogen-bond donors (Lipinski definition) is 2. The van der Waals surface area contributed by atoms with Gasteiger partial charge in [-0.2, -0.15) is 10.2 Å². The van der Waals surface area contributed by atoms with Crippen LogP contribution in [0.25, 0.3) is 10.9 Å². The number of nitrogens with one attached hydrogen (secondary N) is 1. The van der Waals surface area contributed by atoms with E-state index < -0.39 is 11.8 Å². The van der Waals surface area contributed by atoms with E-state index in [-0.39, 0.29) is 29.3 Å². The fourth-order valence-electron chi connectivity index (χ4n) is 5.19. The molecule has 12 heteroatoms. The molecule has 0 spiro atoms. The number of nitrogen functional groups attached to an aromatic ring is 1. The third kappa shape index (κ3) is 4.85. The molecule has 1 radical (unpaired) electrons. The van der Waals surface area contributed by atoms with Crippen molar-refractivity contribution in [1.29, 1.82) is 0 Å². The first-order valence-electron chi connectivity index (χ1n) is 12.3. The summed E-state index contributed by atoms with van der Waals surface area (Å²) in [5, 5.41) is 12.2. The van der Waals surface area contributed by atoms with Crippen LogP contribution in [0.4, 0.5) is 11.5 Å². The van der Waals surface area contributed by atoms with E-state index in [1.165, 1.54) is 6.20 Å². The zero-order valence-electron chi connectivity index (χ0n) is 20.5. The number of ether oxygens (including phenoxy) is 1. The Morgan fingerprint density at radius 3 is 2.78 bits per heavy atom. The Bertz CT molecular complexity index is 1240. The number of likely N-dealkylation sites (tertiary alicyclic amines) is 1. The molecule has 3 unspecified atom stereocenters. The van der Waals surface area contributed by atoms with Crippen molar-refractivity contribution in [3.8, 4) is 0 Å². The van der Waals surface area contributed by atoms with E-state index in [0.29, 0.717) is 48.0 Å². The van der Waals surface area contributed by atoms with Crippen LogP contribution in [0.15, 0.2) is 24.7 Å². The van der Waals surface area contributed by atoms with Gasteiger partial charge in [0.05, 0.1) is 35.2 Å². The third-order valence-electron chi connectivity index (χ3n) is 7.00. The summed E-state index contributed by atoms with van der Waals surface area (Å²) in [6.07, 6.45) is 9.19. The van der Waals surface area contributed by atoms with Gasteiger partial charge < -0.3 is 20.7 Å². The Labute approximate surface area is 220 Å². The number of amides is 2. The van der Waals surface area contributed by atoms with Gasteiger partial charge in [0, 0.05) is 43.0 Å². The molecule has 2 aliphatic rings. The third-order valence-corrected chi connectivity index (χ3v) is 7.00. The van der Waals surface area contributed by atoms with Gasteiger partial charge in [-0.25, -0.2) is 9.67 Å². The molecule has 197 valence electrons. The number of piperidine rings is 1. The molecule has 2 fully saturated rings. The first kappa shape index (κ1) is 26.1. The second kappa shape index (κ2) is 11.0. The van der Waals surface area contributed by atoms with Gasteiger partial charge in [-0.15, -0.1) is 0 Å². The summed E-state index contributed by atoms with van der Waals surface area (Å²) in [6, 6.07) is 1.73. The van der Waals surface area contributed by atoms with E-state index >= 15 is 0 Å². The molecule has 0 aromatic carbocycles. The molecule has 0 bridgehead atoms. The molecule has 5 heterocycles. The van der Waals surface area contributed by atoms with E-state index in [1.54, 1.807) is 22.0 Å². The number of nitrogens with two attached hydrogens (primary N) is 1. The largest absolute Gasteiger partial charge is 0.383 e. The van der Waals surface area contributed by atoms with Gasteiger partial charge >= 0.3 is 11.8 Å². The minimum absolute atomic E-state index is 0. The van der Waals surface area contributed by atoms with Gasteiger partial charge in [0.1, 0.15) is 11.3 Å². The number of aromatic nitrogens is 5. The molecule has 3 aromatic heterocycles. The number of carbonyl (C=O) groups is 2. The molecule has 11 nitrogen and oxygen atoms in total. The van der Waals surface area contributed by atoms with Crippen molar-refractivity contribution >= 4 is 34.2 Å². The van der Waals surface area contributed by atoms with Crippen molar-refractivity contribution in [2.45, 2.75) is 64.8 Å². The normalized spacial score (nSPS) is 22.3. The summed E-state index contributed by atoms with van der Waals surface area (Å²) >= 11 is 0. The molecule has 5 rings (SSSR count). The Hall–Kier alpha value is -2.95. The van der Waals surface area contributed by atoms with Crippen LogP contribution >= 0.6 is 0 Å². The van der Waals surface area contributed by atoms with Crippen LogP contribution in [0.3, 0.4) is 0 Å². The quantitative estimate of drug-likeness (QED) is 0.382. The van der Waals surface area contributed by atoms with Gasteiger partial charge in [0.15, 0.2) is 6.23 Å². The monoisotopic (exact) mass is 543 g/mol. The fourth-order valence-corrected chi connectivity index (χ4v) is 5.19. The molecule has 36 heavy (non-hydrogen) atoms. The first-order chi connectivity index (χ1) is 17.0. The second-order valence-electron chi connectivity index (χ2n) is 9.41. The molecule has 3 N–H and O–H groups in total. The number of nitrogens with zero attached hydrogens (tertiary/aromatic N) is 6. The smallest absolute Gasteiger partial charge is 0.314 e. The van der Waals surface area contributed by atoms with Crippen LogP contribution in [0.1, 0.15) is 63.9 Å². The van der Waals surface area contributed by atoms with Gasteiger partial charge in [-0.3, -0.25) is 14.3 Å². The van der Waals surface area contributed by atoms with Crippen LogP contribution in [0.5, 0.6) is 0 Å². The van der Waals surface area contributed by atoms with Crippen LogP contribution < -0.4 is 11.1 Å². The predicted octanol–water partition coefficient (Wildman–Crippen LogP) is 2.86. The summed E-state index contributed by atoms with van der Waals surface area (Å²) in [5.41, 5.74) is 8.04. The molecule has 0 aliphatic carbocycles. The van der Waals surface area contributed by atoms with Crippen LogP contribution in [0, 0.1) is 5.92 Å². The van der Waals surface area contributed by atoms with Crippen molar-refractivity contribution in [3.63, 3.8) is 0 Å². The van der Waals surface area contributed by atoms with E-state index in [4.69, 9.17) is 10.5 Å². The van der Waals surface area contributed by atoms with E-state index in [0.717, 1.165) is 37.8 Å². The van der Waals surface area contributed by atoms with Gasteiger partial charge in [-0.05, 0) is 51.0 Å². The van der Waals surface area contributed by atoms with Gasteiger partial charge in [-0.1, -0.05) is 6.92 Å². The van der Waals surface area contributed by atoms with Crippen molar-refractivity contribution in [2.75, 3.05) is 24.2 Å². The molecule has 0 saturated carbocycles. The standard InChI is InChI=1S/C24H32N8O3.Cu/c1-3-31-19(9-10-27-31)18-8-7-15(2)14-30(18)24(34)23(33)29-17-13-26-22(25)16-12-28-32(21(16)17)20-6-4-5-11-35-20;/h9-10,12-13,15,18,20H,3-8,11,14H2,1-2H3,(H2,25,26)(H,29,33);. The van der Waals surface area contributed by atoms with Crippen molar-refractivity contribution < 1.29 is 31.4 Å². The summed E-state index contributed by atoms with van der Waals surface area (Å²) in [5.74, 6) is -0.674. The second-order valence-corrected chi connectivity index (χ2v) is 9.41. The maximum atomic E-state index is 13.5. The molecule has 3 atom stereocenters. The van der Waals surface area contributed by atoms with Crippen molar-refractivity contribution in [2.24, 2.45) is 5.92 Å². The average molecular weight is 544 g/mol. The molecule has 2 saturated heterocycles. The Balaban J connectivity index is 0.00000304. The Kier molecular flexibility index (Phi) is 7.97. The molecular weight excluding hydrogens is 512 g/mol. The van der Waals surface area contributed by atoms with Gasteiger partial charge in [0.25, 0.3) is 0 Å². The summed E-state index contributed by atoms with van der Waals surface area (Å²) < 4.78 is 9.52. The predicted molar refractivity (Wildman–Crippen MR) is 130 cm³/mol. The van der Waals surface area contributed by atoms with Gasteiger partial charge in [0.2, 0.25) is 0 Å². The number of pyridine rings is 1. The molecular formula is C24H32CuN8O3. The SMILES string of the molecule is CCn1nccc1C1CCC(C)CN1C(=O)C(=O)Nc1cnc(N)c2cnn(C3CCCCO3)c12.[Cu]. The minimum Gasteiger partial charge on any atom is -0.383 e. The topological polar surface area (TPSA) is 133 Å². The molecule has 2 amide bonds. The van der Waals surface area contributed by atoms with Crippen LogP contribution in [-0.4, -0.2) is 54.4 Å². The van der Waals surface area contributed by atoms with Crippen molar-refractivity contribution in [3.05, 3.63) is 30.4 Å². The van der Waals surface area contributed by atoms with Crippen LogP contribution in [-0.2, 0) is 37.9 Å². The summed E-state index contributed by atoms with van der Waals surface area (Å²) in [7, 11) is 0. The van der Waals surface area contributed by atoms with E-state index in [2.05, 4.69) is 27.4 Å². The molecule has 3 aromatic rings. The van der Waals surface area contributed by atoms with E-state index in [9.17, 15) is 9.59 Å². The average Bonchev–Trinajstić information content (AvgIpc) is 3.54. The van der Waals surface area contributed by atoms with Crippen molar-refractivity contribution in [1.82, 2.24) is 29.4 Å². The molecule has 2 aliphatic heterocycles. The maximum Gasteiger partial charge on any atom is 0.314 e. The summed E-state index contributed by atoms with van der Waals surface area (Å²) in [6.45, 7) is 5.97. The number of aryl methyl sites for hydroxylation is 1. The Morgan fingerprint density at radius 1 is 1.19 bits per heavy atom. The Morgan fingerprint density at radius 2 is 2.03 bits per heavy atom. The first-order valence-corrected chi connectivity index (χ1v) is 12.3. The fraction of sp³-hybridized carbons (Fsp3) is 0.542. The number of fused-ring (bicyclic) bond motifs is 1. The number of carbonyl (C=O) groups excluding carboxylic acids is 2. The van der Waals surface area contributed by atoms with E-state index in [1.807, 2.05) is 17.7 Å². The number of anilines is 2. The maximum absolute atomic E-state index is 13.5. The summed E-state index contributed by atoms with van der Waals surface area (Å²) in [4.78, 5) is 32.6. The minimum atomic E-state index is -0.711. The van der Waals surface area contributed by atoms with Crippen LogP contribution in [0.2, 0.25) is 0 Å². The number of rotatable bonds is 4. The zero-order chi connectivity index (χ0) is 24.5. The zero-order valence-corrected chi connectivity index (χ0v) is 21.4.